The molecular weight excluding hydrogens is 332 g/mol. The van der Waals surface area contributed by atoms with Crippen molar-refractivity contribution in [2.24, 2.45) is 7.05 Å². The van der Waals surface area contributed by atoms with Crippen molar-refractivity contribution in [1.29, 1.82) is 0 Å². The normalized spacial score (nSPS) is 16.9. The van der Waals surface area contributed by atoms with Crippen molar-refractivity contribution in [3.63, 3.8) is 0 Å². The van der Waals surface area contributed by atoms with Gasteiger partial charge in [0.25, 0.3) is 0 Å². The minimum atomic E-state index is -0.511. The first-order valence-corrected chi connectivity index (χ1v) is 8.68. The highest BCUT2D eigenvalue weighted by Gasteiger charge is 2.32. The molecule has 1 aromatic heterocycles. The molecule has 7 heteroatoms. The number of rotatable bonds is 3. The van der Waals surface area contributed by atoms with Gasteiger partial charge in [0.1, 0.15) is 17.1 Å². The van der Waals surface area contributed by atoms with Gasteiger partial charge in [0.15, 0.2) is 0 Å². The number of benzene rings is 1. The highest BCUT2D eigenvalue weighted by molar-refractivity contribution is 5.75. The van der Waals surface area contributed by atoms with E-state index < -0.39 is 5.60 Å². The molecule has 1 N–H and O–H groups in total. The lowest BCUT2D eigenvalue weighted by Gasteiger charge is -2.30. The highest BCUT2D eigenvalue weighted by atomic mass is 16.5. The minimum Gasteiger partial charge on any atom is -0.497 e. The molecule has 2 amide bonds. The van der Waals surface area contributed by atoms with E-state index in [2.05, 4.69) is 10.4 Å². The third kappa shape index (κ3) is 3.92. The zero-order valence-electron chi connectivity index (χ0n) is 15.9. The Bertz CT molecular complexity index is 800. The van der Waals surface area contributed by atoms with Gasteiger partial charge in [-0.25, -0.2) is 4.79 Å². The van der Waals surface area contributed by atoms with Gasteiger partial charge in [0.2, 0.25) is 0 Å². The van der Waals surface area contributed by atoms with Crippen LogP contribution in [0.5, 0.6) is 11.5 Å². The molecule has 7 nitrogen and oxygen atoms in total. The van der Waals surface area contributed by atoms with Crippen LogP contribution < -0.4 is 14.8 Å². The molecule has 0 spiro atoms. The van der Waals surface area contributed by atoms with E-state index in [1.807, 2.05) is 58.3 Å². The summed E-state index contributed by atoms with van der Waals surface area (Å²) in [5.41, 5.74) is 1.27. The van der Waals surface area contributed by atoms with Crippen LogP contribution in [0.2, 0.25) is 0 Å². The molecule has 3 rings (SSSR count). The van der Waals surface area contributed by atoms with Gasteiger partial charge in [0, 0.05) is 24.9 Å². The third-order valence-electron chi connectivity index (χ3n) is 4.40. The number of aryl methyl sites for hydroxylation is 1. The minimum absolute atomic E-state index is 0.136. The Morgan fingerprint density at radius 3 is 2.81 bits per heavy atom. The van der Waals surface area contributed by atoms with Crippen LogP contribution >= 0.6 is 0 Å². The quantitative estimate of drug-likeness (QED) is 0.916. The van der Waals surface area contributed by atoms with Crippen molar-refractivity contribution in [2.75, 3.05) is 13.7 Å². The summed E-state index contributed by atoms with van der Waals surface area (Å²) in [7, 11) is 3.49. The standard InChI is InChI=1S/C19H26N4O3/c1-13(16-8-9-22(4)21-16)20-18(24)23-11-14-6-7-15(25-5)10-17(14)26-19(2,3)12-23/h6-10,13H,11-12H2,1-5H3,(H,20,24). The van der Waals surface area contributed by atoms with Crippen LogP contribution in [-0.2, 0) is 13.6 Å². The van der Waals surface area contributed by atoms with Gasteiger partial charge in [-0.1, -0.05) is 0 Å². The second-order valence-electron chi connectivity index (χ2n) is 7.28. The van der Waals surface area contributed by atoms with E-state index in [9.17, 15) is 4.79 Å². The van der Waals surface area contributed by atoms with Gasteiger partial charge >= 0.3 is 6.03 Å². The molecule has 0 aliphatic carbocycles. The molecule has 0 radical (unpaired) electrons. The van der Waals surface area contributed by atoms with Gasteiger partial charge in [-0.05, 0) is 39.0 Å². The summed E-state index contributed by atoms with van der Waals surface area (Å²) in [6.45, 7) is 6.83. The Labute approximate surface area is 153 Å². The van der Waals surface area contributed by atoms with E-state index in [-0.39, 0.29) is 12.1 Å². The number of amides is 2. The molecule has 1 aromatic carbocycles. The average Bonchev–Trinajstić information content (AvgIpc) is 2.95. The van der Waals surface area contributed by atoms with E-state index >= 15 is 0 Å². The van der Waals surface area contributed by atoms with Gasteiger partial charge in [-0.15, -0.1) is 0 Å². The molecule has 1 aliphatic heterocycles. The van der Waals surface area contributed by atoms with E-state index in [1.54, 1.807) is 16.7 Å². The van der Waals surface area contributed by atoms with Gasteiger partial charge in [-0.2, -0.15) is 5.10 Å². The Morgan fingerprint density at radius 1 is 1.38 bits per heavy atom. The highest BCUT2D eigenvalue weighted by Crippen LogP contribution is 2.32. The number of hydrogen-bond donors (Lipinski definition) is 1. The van der Waals surface area contributed by atoms with Crippen LogP contribution in [0, 0.1) is 0 Å². The van der Waals surface area contributed by atoms with Crippen molar-refractivity contribution >= 4 is 6.03 Å². The molecule has 140 valence electrons. The first kappa shape index (κ1) is 18.1. The average molecular weight is 358 g/mol. The Morgan fingerprint density at radius 2 is 2.15 bits per heavy atom. The van der Waals surface area contributed by atoms with E-state index in [1.165, 1.54) is 0 Å². The smallest absolute Gasteiger partial charge is 0.318 e. The summed E-state index contributed by atoms with van der Waals surface area (Å²) in [5, 5.41) is 7.38. The monoisotopic (exact) mass is 358 g/mol. The first-order valence-electron chi connectivity index (χ1n) is 8.68. The summed E-state index contributed by atoms with van der Waals surface area (Å²) in [6.07, 6.45) is 1.87. The van der Waals surface area contributed by atoms with Crippen LogP contribution in [0.3, 0.4) is 0 Å². The fourth-order valence-corrected chi connectivity index (χ4v) is 3.10. The van der Waals surface area contributed by atoms with Crippen LogP contribution in [0.1, 0.15) is 38.1 Å². The molecule has 0 saturated carbocycles. The summed E-state index contributed by atoms with van der Waals surface area (Å²) < 4.78 is 13.2. The molecule has 1 unspecified atom stereocenters. The number of methoxy groups -OCH3 is 1. The summed E-state index contributed by atoms with van der Waals surface area (Å²) in [4.78, 5) is 14.6. The Hall–Kier alpha value is -2.70. The molecule has 2 aromatic rings. The number of aromatic nitrogens is 2. The van der Waals surface area contributed by atoms with Crippen molar-refractivity contribution in [2.45, 2.75) is 39.0 Å². The summed E-state index contributed by atoms with van der Waals surface area (Å²) in [5.74, 6) is 1.49. The van der Waals surface area contributed by atoms with E-state index in [0.29, 0.717) is 13.1 Å². The maximum Gasteiger partial charge on any atom is 0.318 e. The number of fused-ring (bicyclic) bond motifs is 1. The fraction of sp³-hybridized carbons (Fsp3) is 0.474. The molecule has 0 fully saturated rings. The number of carbonyl (C=O) groups is 1. The number of carbonyl (C=O) groups excluding carboxylic acids is 1. The molecule has 2 heterocycles. The van der Waals surface area contributed by atoms with Crippen molar-refractivity contribution in [3.05, 3.63) is 41.7 Å². The molecule has 26 heavy (non-hydrogen) atoms. The molecule has 1 aliphatic rings. The second kappa shape index (κ2) is 6.90. The van der Waals surface area contributed by atoms with Gasteiger partial charge < -0.3 is 19.7 Å². The number of urea groups is 1. The number of nitrogens with zero attached hydrogens (tertiary/aromatic N) is 3. The zero-order valence-corrected chi connectivity index (χ0v) is 15.9. The van der Waals surface area contributed by atoms with Crippen LogP contribution in [0.4, 0.5) is 4.79 Å². The lowest BCUT2D eigenvalue weighted by Crippen LogP contribution is -2.47. The van der Waals surface area contributed by atoms with Gasteiger partial charge in [-0.3, -0.25) is 4.68 Å². The predicted molar refractivity (Wildman–Crippen MR) is 98.3 cm³/mol. The van der Waals surface area contributed by atoms with E-state index in [0.717, 1.165) is 22.8 Å². The Kier molecular flexibility index (Phi) is 4.80. The fourth-order valence-electron chi connectivity index (χ4n) is 3.10. The summed E-state index contributed by atoms with van der Waals surface area (Å²) >= 11 is 0. The molecule has 0 bridgehead atoms. The topological polar surface area (TPSA) is 68.6 Å². The first-order chi connectivity index (χ1) is 12.3. The third-order valence-corrected chi connectivity index (χ3v) is 4.40. The van der Waals surface area contributed by atoms with Crippen LogP contribution in [0.15, 0.2) is 30.5 Å². The molecular formula is C19H26N4O3. The largest absolute Gasteiger partial charge is 0.497 e. The predicted octanol–water partition coefficient (Wildman–Crippen LogP) is 2.87. The van der Waals surface area contributed by atoms with Crippen molar-refractivity contribution in [3.8, 4) is 11.5 Å². The molecule has 0 saturated heterocycles. The molecule has 1 atom stereocenters. The lowest BCUT2D eigenvalue weighted by atomic mass is 10.1. The second-order valence-corrected chi connectivity index (χ2v) is 7.28. The maximum absolute atomic E-state index is 12.9. The number of hydrogen-bond acceptors (Lipinski definition) is 4. The van der Waals surface area contributed by atoms with Crippen molar-refractivity contribution < 1.29 is 14.3 Å². The zero-order chi connectivity index (χ0) is 18.9. The summed E-state index contributed by atoms with van der Waals surface area (Å²) in [6, 6.07) is 7.29. The van der Waals surface area contributed by atoms with Crippen molar-refractivity contribution in [1.82, 2.24) is 20.0 Å². The van der Waals surface area contributed by atoms with Crippen LogP contribution in [-0.4, -0.2) is 40.0 Å². The van der Waals surface area contributed by atoms with E-state index in [4.69, 9.17) is 9.47 Å². The number of ether oxygens (including phenoxy) is 2. The lowest BCUT2D eigenvalue weighted by molar-refractivity contribution is 0.0800. The Balaban J connectivity index is 1.79. The van der Waals surface area contributed by atoms with Crippen LogP contribution in [0.25, 0.3) is 0 Å². The maximum atomic E-state index is 12.9. The number of nitrogens with one attached hydrogen (secondary N) is 1. The SMILES string of the molecule is COc1ccc2c(c1)OC(C)(C)CN(C(=O)NC(C)c1ccn(C)n1)C2. The van der Waals surface area contributed by atoms with Gasteiger partial charge in [0.05, 0.1) is 31.9 Å².